The van der Waals surface area contributed by atoms with Crippen LogP contribution in [-0.4, -0.2) is 37.1 Å². The molecule has 1 unspecified atom stereocenters. The molecule has 0 spiro atoms. The molecule has 1 atom stereocenters. The average molecular weight is 282 g/mol. The minimum atomic E-state index is 0.669. The molecule has 0 saturated heterocycles. The lowest BCUT2D eigenvalue weighted by atomic mass is 10.1. The van der Waals surface area contributed by atoms with Gasteiger partial charge in [-0.2, -0.15) is 0 Å². The number of nitrogens with zero attached hydrogens (tertiary/aromatic N) is 1. The van der Waals surface area contributed by atoms with E-state index in [4.69, 9.17) is 0 Å². The van der Waals surface area contributed by atoms with Crippen LogP contribution in [0.15, 0.2) is 17.5 Å². The molecule has 1 aromatic heterocycles. The first kappa shape index (κ1) is 16.7. The third-order valence-corrected chi connectivity index (χ3v) is 4.63. The molecule has 0 amide bonds. The largest absolute Gasteiger partial charge is 0.314 e. The van der Waals surface area contributed by atoms with Crippen molar-refractivity contribution in [2.75, 3.05) is 26.2 Å². The molecule has 3 heteroatoms. The van der Waals surface area contributed by atoms with E-state index >= 15 is 0 Å². The standard InChI is InChI=1S/C16H30N2S/c1-4-12-17-15(11-13-18(5-2)6-3)9-10-16-8-7-14-19-16/h7-8,14-15,17H,4-6,9-13H2,1-3H3. The van der Waals surface area contributed by atoms with Crippen molar-refractivity contribution in [2.24, 2.45) is 0 Å². The number of hydrogen-bond donors (Lipinski definition) is 1. The monoisotopic (exact) mass is 282 g/mol. The Kier molecular flexibility index (Phi) is 9.14. The molecule has 110 valence electrons. The highest BCUT2D eigenvalue weighted by Gasteiger charge is 2.10. The van der Waals surface area contributed by atoms with Crippen molar-refractivity contribution >= 4 is 11.3 Å². The summed E-state index contributed by atoms with van der Waals surface area (Å²) in [5.41, 5.74) is 0. The van der Waals surface area contributed by atoms with Gasteiger partial charge in [0.15, 0.2) is 0 Å². The van der Waals surface area contributed by atoms with Crippen LogP contribution in [-0.2, 0) is 6.42 Å². The lowest BCUT2D eigenvalue weighted by Gasteiger charge is -2.23. The normalized spacial score (nSPS) is 13.1. The summed E-state index contributed by atoms with van der Waals surface area (Å²) >= 11 is 1.88. The van der Waals surface area contributed by atoms with E-state index in [-0.39, 0.29) is 0 Å². The van der Waals surface area contributed by atoms with Crippen LogP contribution in [0.2, 0.25) is 0 Å². The maximum Gasteiger partial charge on any atom is 0.00826 e. The van der Waals surface area contributed by atoms with Gasteiger partial charge in [0.2, 0.25) is 0 Å². The number of nitrogens with one attached hydrogen (secondary N) is 1. The third kappa shape index (κ3) is 7.09. The van der Waals surface area contributed by atoms with Gasteiger partial charge in [-0.15, -0.1) is 11.3 Å². The second-order valence-electron chi connectivity index (χ2n) is 5.08. The summed E-state index contributed by atoms with van der Waals surface area (Å²) in [7, 11) is 0. The van der Waals surface area contributed by atoms with Gasteiger partial charge in [0.05, 0.1) is 0 Å². The van der Waals surface area contributed by atoms with E-state index in [0.29, 0.717) is 6.04 Å². The summed E-state index contributed by atoms with van der Waals surface area (Å²) in [5.74, 6) is 0. The summed E-state index contributed by atoms with van der Waals surface area (Å²) in [6, 6.07) is 5.08. The zero-order chi connectivity index (χ0) is 13.9. The second-order valence-corrected chi connectivity index (χ2v) is 6.12. The second kappa shape index (κ2) is 10.4. The first-order chi connectivity index (χ1) is 9.30. The topological polar surface area (TPSA) is 15.3 Å². The van der Waals surface area contributed by atoms with E-state index in [1.165, 1.54) is 50.2 Å². The Morgan fingerprint density at radius 3 is 2.58 bits per heavy atom. The molecule has 0 radical (unpaired) electrons. The Hall–Kier alpha value is -0.380. The summed E-state index contributed by atoms with van der Waals surface area (Å²) < 4.78 is 0. The van der Waals surface area contributed by atoms with Crippen molar-refractivity contribution in [3.63, 3.8) is 0 Å². The fourth-order valence-electron chi connectivity index (χ4n) is 2.35. The summed E-state index contributed by atoms with van der Waals surface area (Å²) in [5, 5.41) is 5.89. The van der Waals surface area contributed by atoms with Gasteiger partial charge in [-0.3, -0.25) is 0 Å². The predicted molar refractivity (Wildman–Crippen MR) is 87.1 cm³/mol. The van der Waals surface area contributed by atoms with E-state index in [1.54, 1.807) is 0 Å². The molecular weight excluding hydrogens is 252 g/mol. The Bertz CT molecular complexity index is 294. The highest BCUT2D eigenvalue weighted by molar-refractivity contribution is 7.09. The highest BCUT2D eigenvalue weighted by Crippen LogP contribution is 2.13. The molecule has 1 aromatic rings. The first-order valence-electron chi connectivity index (χ1n) is 7.78. The van der Waals surface area contributed by atoms with Crippen LogP contribution >= 0.6 is 11.3 Å². The van der Waals surface area contributed by atoms with E-state index in [9.17, 15) is 0 Å². The molecule has 0 aliphatic rings. The van der Waals surface area contributed by atoms with Crippen molar-refractivity contribution in [2.45, 2.75) is 52.5 Å². The SMILES string of the molecule is CCCNC(CCc1cccs1)CCN(CC)CC. The third-order valence-electron chi connectivity index (χ3n) is 3.69. The molecule has 0 aromatic carbocycles. The number of rotatable bonds is 11. The minimum Gasteiger partial charge on any atom is -0.314 e. The minimum absolute atomic E-state index is 0.669. The van der Waals surface area contributed by atoms with Crippen LogP contribution in [0, 0.1) is 0 Å². The lowest BCUT2D eigenvalue weighted by molar-refractivity contribution is 0.277. The van der Waals surface area contributed by atoms with Crippen LogP contribution in [0.25, 0.3) is 0 Å². The maximum absolute atomic E-state index is 3.71. The van der Waals surface area contributed by atoms with Gasteiger partial charge >= 0.3 is 0 Å². The maximum atomic E-state index is 3.71. The Morgan fingerprint density at radius 2 is 2.00 bits per heavy atom. The number of thiophene rings is 1. The van der Waals surface area contributed by atoms with Crippen LogP contribution in [0.3, 0.4) is 0 Å². The number of hydrogen-bond acceptors (Lipinski definition) is 3. The fourth-order valence-corrected chi connectivity index (χ4v) is 3.07. The van der Waals surface area contributed by atoms with Gasteiger partial charge in [-0.25, -0.2) is 0 Å². The molecular formula is C16H30N2S. The van der Waals surface area contributed by atoms with Crippen molar-refractivity contribution in [1.82, 2.24) is 10.2 Å². The van der Waals surface area contributed by atoms with Gasteiger partial charge in [0.25, 0.3) is 0 Å². The Morgan fingerprint density at radius 1 is 1.21 bits per heavy atom. The van der Waals surface area contributed by atoms with Crippen LogP contribution in [0.1, 0.15) is 44.9 Å². The van der Waals surface area contributed by atoms with Crippen molar-refractivity contribution in [1.29, 1.82) is 0 Å². The van der Waals surface area contributed by atoms with Crippen molar-refractivity contribution in [3.8, 4) is 0 Å². The molecule has 2 nitrogen and oxygen atoms in total. The average Bonchev–Trinajstić information content (AvgIpc) is 2.95. The van der Waals surface area contributed by atoms with E-state index in [2.05, 4.69) is 48.5 Å². The van der Waals surface area contributed by atoms with Gasteiger partial charge in [0, 0.05) is 10.9 Å². The van der Waals surface area contributed by atoms with Gasteiger partial charge in [-0.1, -0.05) is 26.8 Å². The zero-order valence-corrected chi connectivity index (χ0v) is 13.6. The fraction of sp³-hybridized carbons (Fsp3) is 0.750. The molecule has 0 bridgehead atoms. The first-order valence-corrected chi connectivity index (χ1v) is 8.66. The molecule has 0 aliphatic heterocycles. The summed E-state index contributed by atoms with van der Waals surface area (Å²) in [6.45, 7) is 11.5. The molecule has 0 aliphatic carbocycles. The molecule has 1 rings (SSSR count). The Balaban J connectivity index is 2.33. The van der Waals surface area contributed by atoms with Crippen LogP contribution < -0.4 is 5.32 Å². The molecule has 1 N–H and O–H groups in total. The molecule has 0 fully saturated rings. The smallest absolute Gasteiger partial charge is 0.00826 e. The van der Waals surface area contributed by atoms with Crippen molar-refractivity contribution in [3.05, 3.63) is 22.4 Å². The van der Waals surface area contributed by atoms with E-state index in [1.807, 2.05) is 11.3 Å². The van der Waals surface area contributed by atoms with Gasteiger partial charge < -0.3 is 10.2 Å². The molecule has 19 heavy (non-hydrogen) atoms. The molecule has 1 heterocycles. The van der Waals surface area contributed by atoms with Crippen molar-refractivity contribution < 1.29 is 0 Å². The quantitative estimate of drug-likeness (QED) is 0.664. The van der Waals surface area contributed by atoms with Gasteiger partial charge in [-0.05, 0) is 63.3 Å². The predicted octanol–water partition coefficient (Wildman–Crippen LogP) is 3.78. The zero-order valence-electron chi connectivity index (χ0n) is 12.8. The van der Waals surface area contributed by atoms with E-state index in [0.717, 1.165) is 6.54 Å². The molecule has 0 saturated carbocycles. The number of aryl methyl sites for hydroxylation is 1. The Labute approximate surface area is 123 Å². The summed E-state index contributed by atoms with van der Waals surface area (Å²) in [6.07, 6.45) is 4.98. The lowest BCUT2D eigenvalue weighted by Crippen LogP contribution is -2.35. The van der Waals surface area contributed by atoms with Gasteiger partial charge in [0.1, 0.15) is 0 Å². The highest BCUT2D eigenvalue weighted by atomic mass is 32.1. The van der Waals surface area contributed by atoms with Crippen LogP contribution in [0.4, 0.5) is 0 Å². The summed E-state index contributed by atoms with van der Waals surface area (Å²) in [4.78, 5) is 4.04. The van der Waals surface area contributed by atoms with Crippen LogP contribution in [0.5, 0.6) is 0 Å². The van der Waals surface area contributed by atoms with E-state index < -0.39 is 0 Å².